The molecule has 1 saturated heterocycles. The lowest BCUT2D eigenvalue weighted by Gasteiger charge is -2.51. The van der Waals surface area contributed by atoms with E-state index in [1.54, 1.807) is 0 Å². The predicted octanol–water partition coefficient (Wildman–Crippen LogP) is 5.15. The highest BCUT2D eigenvalue weighted by molar-refractivity contribution is 8.21. The fraction of sp³-hybridized carbons (Fsp3) is 0.565. The Morgan fingerprint density at radius 1 is 1.17 bits per heavy atom. The first kappa shape index (κ1) is 19.6. The van der Waals surface area contributed by atoms with Crippen molar-refractivity contribution in [2.75, 3.05) is 11.5 Å². The molecule has 2 heterocycles. The molecule has 2 bridgehead atoms. The van der Waals surface area contributed by atoms with Gasteiger partial charge in [-0.15, -0.1) is 23.5 Å². The number of thioether (sulfide) groups is 2. The van der Waals surface area contributed by atoms with Gasteiger partial charge in [-0.05, 0) is 56.1 Å². The molecule has 2 aromatic rings. The SMILES string of the molecule is Cc1ccc2c(COC(=O)C3CC4CCCC(C3)C43SCCS3)cc(=O)oc2c1. The number of hydrogen-bond donors (Lipinski definition) is 0. The fourth-order valence-corrected chi connectivity index (χ4v) is 9.46. The quantitative estimate of drug-likeness (QED) is 0.496. The molecule has 6 heteroatoms. The Kier molecular flexibility index (Phi) is 5.19. The summed E-state index contributed by atoms with van der Waals surface area (Å²) in [7, 11) is 0. The van der Waals surface area contributed by atoms with Crippen LogP contribution in [0.4, 0.5) is 0 Å². The Balaban J connectivity index is 1.31. The third-order valence-electron chi connectivity index (χ3n) is 6.81. The zero-order valence-electron chi connectivity index (χ0n) is 16.6. The molecule has 0 N–H and O–H groups in total. The van der Waals surface area contributed by atoms with E-state index in [1.165, 1.54) is 36.8 Å². The van der Waals surface area contributed by atoms with E-state index in [-0.39, 0.29) is 18.5 Å². The molecular weight excluding hydrogens is 404 g/mol. The molecule has 2 atom stereocenters. The van der Waals surface area contributed by atoms with Crippen molar-refractivity contribution in [2.24, 2.45) is 17.8 Å². The highest BCUT2D eigenvalue weighted by atomic mass is 32.2. The van der Waals surface area contributed by atoms with E-state index in [0.717, 1.165) is 29.4 Å². The van der Waals surface area contributed by atoms with Gasteiger partial charge in [0.2, 0.25) is 0 Å². The van der Waals surface area contributed by atoms with Crippen molar-refractivity contribution in [1.82, 2.24) is 0 Å². The van der Waals surface area contributed by atoms with Gasteiger partial charge in [0.1, 0.15) is 12.2 Å². The smallest absolute Gasteiger partial charge is 0.336 e. The first-order valence-corrected chi connectivity index (χ1v) is 12.5. The van der Waals surface area contributed by atoms with Crippen LogP contribution in [-0.4, -0.2) is 21.6 Å². The molecule has 3 fully saturated rings. The lowest BCUT2D eigenvalue weighted by Crippen LogP contribution is -2.48. The van der Waals surface area contributed by atoms with Crippen LogP contribution >= 0.6 is 23.5 Å². The third-order valence-corrected chi connectivity index (χ3v) is 10.8. The molecule has 1 aliphatic heterocycles. The number of aryl methyl sites for hydroxylation is 1. The summed E-state index contributed by atoms with van der Waals surface area (Å²) in [5.74, 6) is 3.63. The number of benzene rings is 1. The maximum atomic E-state index is 12.9. The lowest BCUT2D eigenvalue weighted by atomic mass is 9.67. The minimum Gasteiger partial charge on any atom is -0.461 e. The maximum Gasteiger partial charge on any atom is 0.336 e. The van der Waals surface area contributed by atoms with Gasteiger partial charge in [0.15, 0.2) is 0 Å². The molecule has 29 heavy (non-hydrogen) atoms. The second kappa shape index (κ2) is 7.69. The molecule has 1 spiro atoms. The van der Waals surface area contributed by atoms with Crippen LogP contribution in [0.25, 0.3) is 11.0 Å². The molecule has 0 amide bonds. The van der Waals surface area contributed by atoms with Crippen LogP contribution in [0.2, 0.25) is 0 Å². The number of carbonyl (C=O) groups excluding carboxylic acids is 1. The van der Waals surface area contributed by atoms with E-state index in [9.17, 15) is 9.59 Å². The van der Waals surface area contributed by atoms with E-state index >= 15 is 0 Å². The number of ether oxygens (including phenoxy) is 1. The summed E-state index contributed by atoms with van der Waals surface area (Å²) >= 11 is 4.30. The van der Waals surface area contributed by atoms with E-state index in [4.69, 9.17) is 9.15 Å². The van der Waals surface area contributed by atoms with Gasteiger partial charge in [-0.3, -0.25) is 4.79 Å². The van der Waals surface area contributed by atoms with E-state index < -0.39 is 5.63 Å². The van der Waals surface area contributed by atoms with E-state index in [1.807, 2.05) is 25.1 Å². The molecule has 5 rings (SSSR count). The zero-order valence-corrected chi connectivity index (χ0v) is 18.3. The number of rotatable bonds is 3. The first-order valence-electron chi connectivity index (χ1n) is 10.5. The molecule has 2 aliphatic carbocycles. The Hall–Kier alpha value is -1.40. The van der Waals surface area contributed by atoms with Crippen LogP contribution in [0.15, 0.2) is 33.5 Å². The summed E-state index contributed by atoms with van der Waals surface area (Å²) in [5, 5.41) is 0.834. The second-order valence-corrected chi connectivity index (χ2v) is 11.6. The summed E-state index contributed by atoms with van der Waals surface area (Å²) in [4.78, 5) is 24.9. The Bertz CT molecular complexity index is 976. The van der Waals surface area contributed by atoms with Crippen molar-refractivity contribution in [3.05, 3.63) is 45.8 Å². The third kappa shape index (κ3) is 3.52. The normalized spacial score (nSPS) is 28.0. The van der Waals surface area contributed by atoms with Crippen molar-refractivity contribution in [3.8, 4) is 0 Å². The van der Waals surface area contributed by atoms with Crippen molar-refractivity contribution in [1.29, 1.82) is 0 Å². The molecule has 1 aromatic heterocycles. The van der Waals surface area contributed by atoms with Crippen LogP contribution in [0.5, 0.6) is 0 Å². The van der Waals surface area contributed by atoms with Crippen LogP contribution in [-0.2, 0) is 16.1 Å². The maximum absolute atomic E-state index is 12.9. The Labute approximate surface area is 179 Å². The minimum absolute atomic E-state index is 0.00800. The van der Waals surface area contributed by atoms with Gasteiger partial charge in [0.05, 0.1) is 10.00 Å². The number of fused-ring (bicyclic) bond motifs is 1. The van der Waals surface area contributed by atoms with Crippen molar-refractivity contribution in [3.63, 3.8) is 0 Å². The standard InChI is InChI=1S/C23H26O4S2/c1-14-5-6-19-16(12-21(24)27-20(19)9-14)13-26-22(25)15-10-17-3-2-4-18(11-15)23(17)28-7-8-29-23/h5-6,9,12,15,17-18H,2-4,7-8,10-11,13H2,1H3. The first-order chi connectivity index (χ1) is 14.0. The summed E-state index contributed by atoms with van der Waals surface area (Å²) < 4.78 is 11.4. The van der Waals surface area contributed by atoms with Gasteiger partial charge >= 0.3 is 11.6 Å². The minimum atomic E-state index is -0.404. The van der Waals surface area contributed by atoms with Crippen molar-refractivity contribution < 1.29 is 13.9 Å². The van der Waals surface area contributed by atoms with E-state index in [2.05, 4.69) is 23.5 Å². The predicted molar refractivity (Wildman–Crippen MR) is 118 cm³/mol. The summed E-state index contributed by atoms with van der Waals surface area (Å²) in [6.45, 7) is 2.09. The van der Waals surface area contributed by atoms with Gasteiger partial charge in [-0.2, -0.15) is 0 Å². The molecular formula is C23H26O4S2. The lowest BCUT2D eigenvalue weighted by molar-refractivity contribution is -0.152. The van der Waals surface area contributed by atoms with Gasteiger partial charge in [-0.25, -0.2) is 4.79 Å². The average molecular weight is 431 g/mol. The Morgan fingerprint density at radius 2 is 1.90 bits per heavy atom. The second-order valence-electron chi connectivity index (χ2n) is 8.61. The van der Waals surface area contributed by atoms with Gasteiger partial charge in [-0.1, -0.05) is 18.6 Å². The molecule has 2 unspecified atom stereocenters. The molecule has 2 saturated carbocycles. The number of hydrogen-bond acceptors (Lipinski definition) is 6. The fourth-order valence-electron chi connectivity index (χ4n) is 5.52. The van der Waals surface area contributed by atoms with Crippen LogP contribution < -0.4 is 5.63 Å². The van der Waals surface area contributed by atoms with Gasteiger partial charge in [0, 0.05) is 28.5 Å². The summed E-state index contributed by atoms with van der Waals surface area (Å²) in [6, 6.07) is 7.20. The van der Waals surface area contributed by atoms with Gasteiger partial charge in [0.25, 0.3) is 0 Å². The molecule has 3 aliphatic rings. The highest BCUT2D eigenvalue weighted by Crippen LogP contribution is 2.64. The molecule has 1 aromatic carbocycles. The number of esters is 1. The molecule has 4 nitrogen and oxygen atoms in total. The van der Waals surface area contributed by atoms with Crippen molar-refractivity contribution >= 4 is 40.5 Å². The van der Waals surface area contributed by atoms with Crippen molar-refractivity contribution in [2.45, 2.75) is 49.7 Å². The number of carbonyl (C=O) groups is 1. The average Bonchev–Trinajstić information content (AvgIpc) is 3.14. The van der Waals surface area contributed by atoms with Gasteiger partial charge < -0.3 is 9.15 Å². The summed E-state index contributed by atoms with van der Waals surface area (Å²) in [5.41, 5.74) is 1.89. The van der Waals surface area contributed by atoms with Crippen LogP contribution in [0.3, 0.4) is 0 Å². The van der Waals surface area contributed by atoms with Crippen LogP contribution in [0, 0.1) is 24.7 Å². The molecule has 154 valence electrons. The summed E-state index contributed by atoms with van der Waals surface area (Å²) in [6.07, 6.45) is 5.68. The Morgan fingerprint density at radius 3 is 2.62 bits per heavy atom. The largest absolute Gasteiger partial charge is 0.461 e. The topological polar surface area (TPSA) is 56.5 Å². The molecule has 0 radical (unpaired) electrons. The zero-order chi connectivity index (χ0) is 20.0. The highest BCUT2D eigenvalue weighted by Gasteiger charge is 2.55. The monoisotopic (exact) mass is 430 g/mol. The van der Waals surface area contributed by atoms with E-state index in [0.29, 0.717) is 21.5 Å². The van der Waals surface area contributed by atoms with Crippen LogP contribution in [0.1, 0.15) is 43.2 Å².